The fourth-order valence-corrected chi connectivity index (χ4v) is 3.26. The van der Waals surface area contributed by atoms with Gasteiger partial charge >= 0.3 is 0 Å². The number of carbonyl (C=O) groups excluding carboxylic acids is 1. The Morgan fingerprint density at radius 3 is 2.45 bits per heavy atom. The van der Waals surface area contributed by atoms with Crippen LogP contribution in [0.3, 0.4) is 0 Å². The summed E-state index contributed by atoms with van der Waals surface area (Å²) in [5, 5.41) is 3.44. The van der Waals surface area contributed by atoms with Crippen LogP contribution in [-0.4, -0.2) is 32.5 Å². The fourth-order valence-electron chi connectivity index (χ4n) is 2.63. The molecule has 2 atom stereocenters. The number of benzene rings is 1. The molecule has 0 bridgehead atoms. The standard InChI is InChI=1S/C15H21NO3S/c1-11-4-3-5-13(16-11)10-15(17)12-6-8-14(9-7-12)20(2,18)19/h6-9,11,13,16H,3-5,10H2,1-2H3. The van der Waals surface area contributed by atoms with E-state index in [0.29, 0.717) is 18.0 Å². The van der Waals surface area contributed by atoms with Crippen LogP contribution >= 0.6 is 0 Å². The highest BCUT2D eigenvalue weighted by atomic mass is 32.2. The maximum atomic E-state index is 12.2. The zero-order valence-electron chi connectivity index (χ0n) is 11.9. The molecule has 1 N–H and O–H groups in total. The molecule has 0 saturated carbocycles. The Labute approximate surface area is 120 Å². The van der Waals surface area contributed by atoms with Gasteiger partial charge in [0.2, 0.25) is 0 Å². The maximum Gasteiger partial charge on any atom is 0.175 e. The lowest BCUT2D eigenvalue weighted by molar-refractivity contribution is 0.0959. The number of ketones is 1. The number of carbonyl (C=O) groups is 1. The lowest BCUT2D eigenvalue weighted by Crippen LogP contribution is -2.41. The smallest absolute Gasteiger partial charge is 0.175 e. The largest absolute Gasteiger partial charge is 0.311 e. The minimum absolute atomic E-state index is 0.0663. The maximum absolute atomic E-state index is 12.2. The third-order valence-corrected chi connectivity index (χ3v) is 4.87. The van der Waals surface area contributed by atoms with Crippen LogP contribution in [0.2, 0.25) is 0 Å². The number of Topliss-reactive ketones (excluding diaryl/α,β-unsaturated/α-hetero) is 1. The quantitative estimate of drug-likeness (QED) is 0.865. The molecule has 1 heterocycles. The highest BCUT2D eigenvalue weighted by Gasteiger charge is 2.21. The van der Waals surface area contributed by atoms with Crippen LogP contribution in [0.15, 0.2) is 29.2 Å². The van der Waals surface area contributed by atoms with E-state index in [9.17, 15) is 13.2 Å². The van der Waals surface area contributed by atoms with E-state index in [0.717, 1.165) is 25.5 Å². The van der Waals surface area contributed by atoms with E-state index in [1.807, 2.05) is 0 Å². The zero-order chi connectivity index (χ0) is 14.8. The Morgan fingerprint density at radius 1 is 1.25 bits per heavy atom. The topological polar surface area (TPSA) is 63.2 Å². The summed E-state index contributed by atoms with van der Waals surface area (Å²) in [4.78, 5) is 12.4. The molecule has 0 spiro atoms. The molecule has 1 saturated heterocycles. The summed E-state index contributed by atoms with van der Waals surface area (Å²) in [6.07, 6.45) is 4.98. The Kier molecular flexibility index (Phi) is 4.60. The van der Waals surface area contributed by atoms with Gasteiger partial charge in [-0.15, -0.1) is 0 Å². The van der Waals surface area contributed by atoms with E-state index >= 15 is 0 Å². The molecule has 0 aliphatic carbocycles. The SMILES string of the molecule is CC1CCCC(CC(=O)c2ccc(S(C)(=O)=O)cc2)N1. The Hall–Kier alpha value is -1.20. The van der Waals surface area contributed by atoms with Gasteiger partial charge in [-0.3, -0.25) is 4.79 Å². The molecule has 1 fully saturated rings. The molecular weight excluding hydrogens is 274 g/mol. The van der Waals surface area contributed by atoms with Crippen molar-refractivity contribution in [3.63, 3.8) is 0 Å². The summed E-state index contributed by atoms with van der Waals surface area (Å²) >= 11 is 0. The van der Waals surface area contributed by atoms with Crippen molar-refractivity contribution in [3.05, 3.63) is 29.8 Å². The molecule has 0 amide bonds. The average molecular weight is 295 g/mol. The van der Waals surface area contributed by atoms with Gasteiger partial charge in [-0.25, -0.2) is 8.42 Å². The van der Waals surface area contributed by atoms with Crippen molar-refractivity contribution in [1.29, 1.82) is 0 Å². The number of piperidine rings is 1. The number of rotatable bonds is 4. The fraction of sp³-hybridized carbons (Fsp3) is 0.533. The molecule has 2 rings (SSSR count). The van der Waals surface area contributed by atoms with E-state index in [1.165, 1.54) is 12.1 Å². The van der Waals surface area contributed by atoms with Crippen LogP contribution in [0, 0.1) is 0 Å². The van der Waals surface area contributed by atoms with Crippen molar-refractivity contribution in [3.8, 4) is 0 Å². The highest BCUT2D eigenvalue weighted by Crippen LogP contribution is 2.18. The Bertz CT molecular complexity index is 578. The van der Waals surface area contributed by atoms with E-state index in [2.05, 4.69) is 12.2 Å². The first kappa shape index (κ1) is 15.2. The Balaban J connectivity index is 2.02. The number of nitrogens with one attached hydrogen (secondary N) is 1. The normalized spacial score (nSPS) is 23.5. The predicted octanol–water partition coefficient (Wildman–Crippen LogP) is 2.19. The summed E-state index contributed by atoms with van der Waals surface area (Å²) < 4.78 is 22.7. The summed E-state index contributed by atoms with van der Waals surface area (Å²) in [5.74, 6) is 0.0663. The number of sulfone groups is 1. The van der Waals surface area contributed by atoms with E-state index in [1.54, 1.807) is 12.1 Å². The van der Waals surface area contributed by atoms with Gasteiger partial charge in [-0.1, -0.05) is 18.6 Å². The first-order chi connectivity index (χ1) is 9.36. The van der Waals surface area contributed by atoms with Crippen LogP contribution in [0.1, 0.15) is 43.0 Å². The molecule has 4 nitrogen and oxygen atoms in total. The van der Waals surface area contributed by atoms with Crippen molar-refractivity contribution < 1.29 is 13.2 Å². The second-order valence-corrected chi connectivity index (χ2v) is 7.64. The summed E-state index contributed by atoms with van der Waals surface area (Å²) in [7, 11) is -3.20. The average Bonchev–Trinajstić information content (AvgIpc) is 2.38. The van der Waals surface area contributed by atoms with Crippen molar-refractivity contribution in [2.45, 2.75) is 49.6 Å². The number of hydrogen-bond donors (Lipinski definition) is 1. The van der Waals surface area contributed by atoms with E-state index in [4.69, 9.17) is 0 Å². The molecule has 2 unspecified atom stereocenters. The van der Waals surface area contributed by atoms with Crippen molar-refractivity contribution in [1.82, 2.24) is 5.32 Å². The van der Waals surface area contributed by atoms with Gasteiger partial charge in [0.05, 0.1) is 4.90 Å². The van der Waals surface area contributed by atoms with E-state index < -0.39 is 9.84 Å². The minimum Gasteiger partial charge on any atom is -0.311 e. The molecule has 5 heteroatoms. The minimum atomic E-state index is -3.20. The van der Waals surface area contributed by atoms with E-state index in [-0.39, 0.29) is 16.7 Å². The van der Waals surface area contributed by atoms with Crippen LogP contribution in [0.25, 0.3) is 0 Å². The van der Waals surface area contributed by atoms with Gasteiger partial charge in [0.25, 0.3) is 0 Å². The van der Waals surface area contributed by atoms with Gasteiger partial charge in [0.1, 0.15) is 0 Å². The van der Waals surface area contributed by atoms with Crippen molar-refractivity contribution in [2.75, 3.05) is 6.26 Å². The molecule has 20 heavy (non-hydrogen) atoms. The lowest BCUT2D eigenvalue weighted by Gasteiger charge is -2.28. The Morgan fingerprint density at radius 2 is 1.90 bits per heavy atom. The molecule has 1 aliphatic rings. The van der Waals surface area contributed by atoms with Gasteiger partial charge in [-0.05, 0) is 31.9 Å². The molecule has 110 valence electrons. The second kappa shape index (κ2) is 6.06. The second-order valence-electron chi connectivity index (χ2n) is 5.62. The van der Waals surface area contributed by atoms with Crippen LogP contribution in [0.4, 0.5) is 0 Å². The zero-order valence-corrected chi connectivity index (χ0v) is 12.7. The molecular formula is C15H21NO3S. The molecule has 1 aliphatic heterocycles. The predicted molar refractivity (Wildman–Crippen MR) is 78.7 cm³/mol. The highest BCUT2D eigenvalue weighted by molar-refractivity contribution is 7.90. The van der Waals surface area contributed by atoms with Crippen LogP contribution in [-0.2, 0) is 9.84 Å². The van der Waals surface area contributed by atoms with Crippen LogP contribution in [0.5, 0.6) is 0 Å². The molecule has 0 radical (unpaired) electrons. The molecule has 1 aromatic carbocycles. The van der Waals surface area contributed by atoms with Gasteiger partial charge in [0.15, 0.2) is 15.6 Å². The van der Waals surface area contributed by atoms with Gasteiger partial charge in [0, 0.05) is 30.3 Å². The third-order valence-electron chi connectivity index (χ3n) is 3.75. The van der Waals surface area contributed by atoms with Gasteiger partial charge < -0.3 is 5.32 Å². The summed E-state index contributed by atoms with van der Waals surface area (Å²) in [6.45, 7) is 2.14. The lowest BCUT2D eigenvalue weighted by atomic mass is 9.94. The molecule has 0 aromatic heterocycles. The first-order valence-corrected chi connectivity index (χ1v) is 8.85. The summed E-state index contributed by atoms with van der Waals surface area (Å²) in [6, 6.07) is 6.91. The third kappa shape index (κ3) is 3.90. The monoisotopic (exact) mass is 295 g/mol. The first-order valence-electron chi connectivity index (χ1n) is 6.95. The molecule has 1 aromatic rings. The summed E-state index contributed by atoms with van der Waals surface area (Å²) in [5.41, 5.74) is 0.581. The van der Waals surface area contributed by atoms with Crippen molar-refractivity contribution >= 4 is 15.6 Å². The van der Waals surface area contributed by atoms with Crippen LogP contribution < -0.4 is 5.32 Å². The van der Waals surface area contributed by atoms with Crippen molar-refractivity contribution in [2.24, 2.45) is 0 Å². The number of hydrogen-bond acceptors (Lipinski definition) is 4. The van der Waals surface area contributed by atoms with Gasteiger partial charge in [-0.2, -0.15) is 0 Å².